The summed E-state index contributed by atoms with van der Waals surface area (Å²) in [7, 11) is 0. The molecule has 1 rings (SSSR count). The van der Waals surface area contributed by atoms with Crippen LogP contribution in [0.1, 0.15) is 32.3 Å². The van der Waals surface area contributed by atoms with Crippen molar-refractivity contribution in [2.24, 2.45) is 5.41 Å². The van der Waals surface area contributed by atoms with Crippen molar-refractivity contribution in [1.82, 2.24) is 5.32 Å². The third-order valence-electron chi connectivity index (χ3n) is 3.61. The van der Waals surface area contributed by atoms with Crippen molar-refractivity contribution in [2.75, 3.05) is 12.4 Å². The Morgan fingerprint density at radius 3 is 2.50 bits per heavy atom. The van der Waals surface area contributed by atoms with Gasteiger partial charge in [-0.05, 0) is 30.4 Å². The molecular formula is C14H20BrClFN. The van der Waals surface area contributed by atoms with Crippen molar-refractivity contribution in [3.63, 3.8) is 0 Å². The normalized spacial score (nSPS) is 11.8. The average molecular weight is 337 g/mol. The molecule has 1 aromatic rings. The number of hydrogen-bond donors (Lipinski definition) is 1. The summed E-state index contributed by atoms with van der Waals surface area (Å²) in [5, 5.41) is 3.32. The molecule has 0 aliphatic carbocycles. The van der Waals surface area contributed by atoms with Gasteiger partial charge in [-0.3, -0.25) is 0 Å². The first-order valence-electron chi connectivity index (χ1n) is 6.27. The topological polar surface area (TPSA) is 12.0 Å². The van der Waals surface area contributed by atoms with E-state index in [4.69, 9.17) is 11.6 Å². The van der Waals surface area contributed by atoms with E-state index in [2.05, 4.69) is 35.1 Å². The maximum atomic E-state index is 13.6. The Balaban J connectivity index is 2.55. The standard InChI is InChI=1S/C14H20BrClFN/c1-3-14(4-2,9-16)10-18-8-11-5-6-12(15)7-13(11)17/h5-7,18H,3-4,8-10H2,1-2H3. The third-order valence-corrected chi connectivity index (χ3v) is 4.67. The number of hydrogen-bond acceptors (Lipinski definition) is 1. The highest BCUT2D eigenvalue weighted by atomic mass is 79.9. The average Bonchev–Trinajstić information content (AvgIpc) is 2.38. The second kappa shape index (κ2) is 7.46. The first kappa shape index (κ1) is 15.9. The lowest BCUT2D eigenvalue weighted by molar-refractivity contribution is 0.285. The molecule has 0 aliphatic heterocycles. The first-order valence-corrected chi connectivity index (χ1v) is 7.60. The molecule has 0 saturated heterocycles. The number of nitrogens with one attached hydrogen (secondary N) is 1. The summed E-state index contributed by atoms with van der Waals surface area (Å²) < 4.78 is 14.4. The smallest absolute Gasteiger partial charge is 0.128 e. The van der Waals surface area contributed by atoms with Crippen LogP contribution < -0.4 is 5.32 Å². The van der Waals surface area contributed by atoms with E-state index in [1.54, 1.807) is 6.07 Å². The van der Waals surface area contributed by atoms with E-state index in [1.807, 2.05) is 6.07 Å². The van der Waals surface area contributed by atoms with Gasteiger partial charge in [0, 0.05) is 29.0 Å². The molecule has 0 aliphatic rings. The third kappa shape index (κ3) is 4.22. The van der Waals surface area contributed by atoms with Crippen LogP contribution in [-0.2, 0) is 6.54 Å². The Kier molecular flexibility index (Phi) is 6.61. The van der Waals surface area contributed by atoms with Gasteiger partial charge in [0.1, 0.15) is 5.82 Å². The minimum Gasteiger partial charge on any atom is -0.312 e. The lowest BCUT2D eigenvalue weighted by atomic mass is 9.84. The van der Waals surface area contributed by atoms with Crippen LogP contribution in [0.2, 0.25) is 0 Å². The molecule has 18 heavy (non-hydrogen) atoms. The van der Waals surface area contributed by atoms with Crippen LogP contribution in [0, 0.1) is 11.2 Å². The molecule has 0 unspecified atom stereocenters. The Bertz CT molecular complexity index is 372. The monoisotopic (exact) mass is 335 g/mol. The summed E-state index contributed by atoms with van der Waals surface area (Å²) >= 11 is 9.29. The molecule has 1 N–H and O–H groups in total. The number of benzene rings is 1. The summed E-state index contributed by atoms with van der Waals surface area (Å²) in [5.74, 6) is 0.455. The fourth-order valence-electron chi connectivity index (χ4n) is 1.86. The highest BCUT2D eigenvalue weighted by Crippen LogP contribution is 2.27. The molecule has 0 amide bonds. The lowest BCUT2D eigenvalue weighted by Gasteiger charge is -2.29. The number of rotatable bonds is 7. The molecule has 0 aromatic heterocycles. The second-order valence-corrected chi connectivity index (χ2v) is 5.86. The SMILES string of the molecule is CCC(CC)(CCl)CNCc1ccc(Br)cc1F. The van der Waals surface area contributed by atoms with Gasteiger partial charge in [-0.15, -0.1) is 11.6 Å². The molecule has 102 valence electrons. The fraction of sp³-hybridized carbons (Fsp3) is 0.571. The van der Waals surface area contributed by atoms with Gasteiger partial charge in [0.05, 0.1) is 0 Å². The van der Waals surface area contributed by atoms with Crippen LogP contribution in [0.4, 0.5) is 4.39 Å². The van der Waals surface area contributed by atoms with Crippen LogP contribution in [-0.4, -0.2) is 12.4 Å². The molecule has 1 aromatic carbocycles. The van der Waals surface area contributed by atoms with Crippen molar-refractivity contribution in [1.29, 1.82) is 0 Å². The Morgan fingerprint density at radius 2 is 2.00 bits per heavy atom. The molecule has 0 atom stereocenters. The Morgan fingerprint density at radius 1 is 1.33 bits per heavy atom. The maximum Gasteiger partial charge on any atom is 0.128 e. The Labute approximate surface area is 122 Å². The molecule has 1 nitrogen and oxygen atoms in total. The highest BCUT2D eigenvalue weighted by molar-refractivity contribution is 9.10. The van der Waals surface area contributed by atoms with E-state index in [9.17, 15) is 4.39 Å². The van der Waals surface area contributed by atoms with E-state index < -0.39 is 0 Å². The zero-order valence-electron chi connectivity index (χ0n) is 10.9. The first-order chi connectivity index (χ1) is 8.56. The molecular weight excluding hydrogens is 317 g/mol. The van der Waals surface area contributed by atoms with Crippen LogP contribution >= 0.6 is 27.5 Å². The van der Waals surface area contributed by atoms with E-state index in [0.717, 1.165) is 23.9 Å². The van der Waals surface area contributed by atoms with Crippen molar-refractivity contribution < 1.29 is 4.39 Å². The van der Waals surface area contributed by atoms with Gasteiger partial charge in [0.15, 0.2) is 0 Å². The van der Waals surface area contributed by atoms with Crippen LogP contribution in [0.25, 0.3) is 0 Å². The van der Waals surface area contributed by atoms with Crippen LogP contribution in [0.15, 0.2) is 22.7 Å². The molecule has 0 radical (unpaired) electrons. The largest absolute Gasteiger partial charge is 0.312 e. The van der Waals surface area contributed by atoms with Gasteiger partial charge in [-0.2, -0.15) is 0 Å². The summed E-state index contributed by atoms with van der Waals surface area (Å²) in [6.45, 7) is 5.65. The zero-order valence-corrected chi connectivity index (χ0v) is 13.2. The molecule has 0 saturated carbocycles. The van der Waals surface area contributed by atoms with Gasteiger partial charge in [-0.1, -0.05) is 35.8 Å². The number of alkyl halides is 1. The van der Waals surface area contributed by atoms with Gasteiger partial charge < -0.3 is 5.32 Å². The van der Waals surface area contributed by atoms with Gasteiger partial charge in [-0.25, -0.2) is 4.39 Å². The number of halogens is 3. The van der Waals surface area contributed by atoms with Crippen LogP contribution in [0.5, 0.6) is 0 Å². The molecule has 0 spiro atoms. The van der Waals surface area contributed by atoms with Crippen molar-refractivity contribution in [2.45, 2.75) is 33.2 Å². The van der Waals surface area contributed by atoms with Crippen molar-refractivity contribution >= 4 is 27.5 Å². The van der Waals surface area contributed by atoms with E-state index in [1.165, 1.54) is 6.07 Å². The Hall–Kier alpha value is -0.120. The molecule has 0 fully saturated rings. The summed E-state index contributed by atoms with van der Waals surface area (Å²) in [6, 6.07) is 5.15. The summed E-state index contributed by atoms with van der Waals surface area (Å²) in [5.41, 5.74) is 0.807. The molecule has 0 bridgehead atoms. The predicted octanol–water partition coefficient (Wildman–Crippen LogP) is 4.72. The van der Waals surface area contributed by atoms with Gasteiger partial charge >= 0.3 is 0 Å². The predicted molar refractivity (Wildman–Crippen MR) is 79.5 cm³/mol. The summed E-state index contributed by atoms with van der Waals surface area (Å²) in [6.07, 6.45) is 2.06. The summed E-state index contributed by atoms with van der Waals surface area (Å²) in [4.78, 5) is 0. The highest BCUT2D eigenvalue weighted by Gasteiger charge is 2.24. The lowest BCUT2D eigenvalue weighted by Crippen LogP contribution is -2.34. The minimum atomic E-state index is -0.179. The van der Waals surface area contributed by atoms with E-state index in [0.29, 0.717) is 18.0 Å². The van der Waals surface area contributed by atoms with Gasteiger partial charge in [0.25, 0.3) is 0 Å². The van der Waals surface area contributed by atoms with Crippen molar-refractivity contribution in [3.8, 4) is 0 Å². The molecule has 4 heteroatoms. The van der Waals surface area contributed by atoms with E-state index in [-0.39, 0.29) is 11.2 Å². The fourth-order valence-corrected chi connectivity index (χ4v) is 2.67. The van der Waals surface area contributed by atoms with Crippen LogP contribution in [0.3, 0.4) is 0 Å². The minimum absolute atomic E-state index is 0.118. The quantitative estimate of drug-likeness (QED) is 0.710. The van der Waals surface area contributed by atoms with Crippen molar-refractivity contribution in [3.05, 3.63) is 34.1 Å². The zero-order chi connectivity index (χ0) is 13.6. The second-order valence-electron chi connectivity index (χ2n) is 4.68. The molecule has 0 heterocycles. The van der Waals surface area contributed by atoms with Gasteiger partial charge in [0.2, 0.25) is 0 Å². The maximum absolute atomic E-state index is 13.6. The van der Waals surface area contributed by atoms with E-state index >= 15 is 0 Å².